The number of piperidine rings is 1. The maximum atomic E-state index is 13.0. The molecular formula is C11H13F2NO3S. The summed E-state index contributed by atoms with van der Waals surface area (Å²) in [6.07, 6.45) is 0.382. The van der Waals surface area contributed by atoms with Crippen molar-refractivity contribution in [3.63, 3.8) is 0 Å². The lowest BCUT2D eigenvalue weighted by Crippen LogP contribution is -2.42. The van der Waals surface area contributed by atoms with E-state index in [0.29, 0.717) is 18.9 Å². The fraction of sp³-hybridized carbons (Fsp3) is 0.455. The number of nitrogens with zero attached hydrogens (tertiary/aromatic N) is 1. The van der Waals surface area contributed by atoms with Crippen molar-refractivity contribution in [2.75, 3.05) is 13.1 Å². The van der Waals surface area contributed by atoms with Gasteiger partial charge in [-0.2, -0.15) is 4.31 Å². The average molecular weight is 277 g/mol. The molecule has 1 aliphatic heterocycles. The van der Waals surface area contributed by atoms with Crippen LogP contribution in [0.1, 0.15) is 12.8 Å². The topological polar surface area (TPSA) is 57.6 Å². The van der Waals surface area contributed by atoms with Gasteiger partial charge in [-0.1, -0.05) is 0 Å². The van der Waals surface area contributed by atoms with Crippen molar-refractivity contribution in [2.45, 2.75) is 23.8 Å². The molecule has 1 saturated heterocycles. The summed E-state index contributed by atoms with van der Waals surface area (Å²) in [7, 11) is -3.87. The zero-order valence-corrected chi connectivity index (χ0v) is 10.3. The minimum absolute atomic E-state index is 0.0126. The first-order chi connectivity index (χ1) is 8.41. The Hall–Kier alpha value is -1.05. The highest BCUT2D eigenvalue weighted by molar-refractivity contribution is 7.89. The van der Waals surface area contributed by atoms with Crippen LogP contribution < -0.4 is 0 Å². The van der Waals surface area contributed by atoms with E-state index in [0.717, 1.165) is 16.4 Å². The molecule has 1 aromatic carbocycles. The molecular weight excluding hydrogens is 264 g/mol. The van der Waals surface area contributed by atoms with Gasteiger partial charge in [0.15, 0.2) is 11.6 Å². The van der Waals surface area contributed by atoms with Gasteiger partial charge in [-0.15, -0.1) is 0 Å². The van der Waals surface area contributed by atoms with E-state index in [4.69, 9.17) is 0 Å². The Balaban J connectivity index is 2.32. The summed E-state index contributed by atoms with van der Waals surface area (Å²) in [5.41, 5.74) is 0. The van der Waals surface area contributed by atoms with Crippen LogP contribution >= 0.6 is 0 Å². The fourth-order valence-electron chi connectivity index (χ4n) is 1.93. The highest BCUT2D eigenvalue weighted by Crippen LogP contribution is 2.22. The van der Waals surface area contributed by atoms with Crippen LogP contribution in [0.25, 0.3) is 0 Å². The first kappa shape index (κ1) is 13.4. The van der Waals surface area contributed by atoms with Gasteiger partial charge in [0.2, 0.25) is 10.0 Å². The number of halogens is 2. The predicted octanol–water partition coefficient (Wildman–Crippen LogP) is 1.11. The van der Waals surface area contributed by atoms with Crippen LogP contribution in [0.15, 0.2) is 23.1 Å². The lowest BCUT2D eigenvalue weighted by atomic mass is 10.1. The molecule has 1 unspecified atom stereocenters. The minimum atomic E-state index is -3.87. The maximum absolute atomic E-state index is 13.0. The number of hydrogen-bond donors (Lipinski definition) is 1. The van der Waals surface area contributed by atoms with Crippen molar-refractivity contribution in [2.24, 2.45) is 0 Å². The summed E-state index contributed by atoms with van der Waals surface area (Å²) in [5, 5.41) is 9.45. The van der Waals surface area contributed by atoms with Crippen LogP contribution in [0.3, 0.4) is 0 Å². The molecule has 0 bridgehead atoms. The van der Waals surface area contributed by atoms with Gasteiger partial charge in [-0.3, -0.25) is 0 Å². The molecule has 0 aliphatic carbocycles. The summed E-state index contributed by atoms with van der Waals surface area (Å²) < 4.78 is 51.1. The molecule has 1 aromatic rings. The third-order valence-electron chi connectivity index (χ3n) is 2.89. The van der Waals surface area contributed by atoms with E-state index in [1.165, 1.54) is 0 Å². The van der Waals surface area contributed by atoms with E-state index in [-0.39, 0.29) is 18.0 Å². The van der Waals surface area contributed by atoms with Gasteiger partial charge in [-0.25, -0.2) is 17.2 Å². The normalized spacial score (nSPS) is 22.1. The summed E-state index contributed by atoms with van der Waals surface area (Å²) in [5.74, 6) is -2.29. The van der Waals surface area contributed by atoms with Gasteiger partial charge in [0, 0.05) is 13.1 Å². The van der Waals surface area contributed by atoms with Gasteiger partial charge < -0.3 is 5.11 Å². The van der Waals surface area contributed by atoms with Gasteiger partial charge in [0.05, 0.1) is 11.0 Å². The van der Waals surface area contributed by atoms with E-state index in [1.807, 2.05) is 0 Å². The van der Waals surface area contributed by atoms with Crippen LogP contribution in [-0.2, 0) is 10.0 Å². The summed E-state index contributed by atoms with van der Waals surface area (Å²) >= 11 is 0. The van der Waals surface area contributed by atoms with E-state index < -0.39 is 27.8 Å². The molecule has 0 radical (unpaired) electrons. The molecule has 1 heterocycles. The van der Waals surface area contributed by atoms with Crippen LogP contribution in [0.2, 0.25) is 0 Å². The molecule has 100 valence electrons. The summed E-state index contributed by atoms with van der Waals surface area (Å²) in [4.78, 5) is -0.296. The van der Waals surface area contributed by atoms with Gasteiger partial charge in [0.1, 0.15) is 0 Å². The Morgan fingerprint density at radius 3 is 2.61 bits per heavy atom. The highest BCUT2D eigenvalue weighted by Gasteiger charge is 2.29. The molecule has 18 heavy (non-hydrogen) atoms. The number of aliphatic hydroxyl groups is 1. The van der Waals surface area contributed by atoms with Crippen LogP contribution in [0.4, 0.5) is 8.78 Å². The van der Waals surface area contributed by atoms with Crippen molar-refractivity contribution >= 4 is 10.0 Å². The van der Waals surface area contributed by atoms with Crippen molar-refractivity contribution in [1.29, 1.82) is 0 Å². The molecule has 7 heteroatoms. The number of rotatable bonds is 2. The minimum Gasteiger partial charge on any atom is -0.392 e. The van der Waals surface area contributed by atoms with Crippen LogP contribution in [0.5, 0.6) is 0 Å². The number of hydrogen-bond acceptors (Lipinski definition) is 3. The molecule has 1 aliphatic rings. The highest BCUT2D eigenvalue weighted by atomic mass is 32.2. The largest absolute Gasteiger partial charge is 0.392 e. The average Bonchev–Trinajstić information content (AvgIpc) is 2.32. The van der Waals surface area contributed by atoms with E-state index >= 15 is 0 Å². The zero-order valence-electron chi connectivity index (χ0n) is 9.51. The maximum Gasteiger partial charge on any atom is 0.243 e. The number of β-amino-alcohol motifs (C(OH)–C–C–N with tert-alkyl or cyclic N) is 1. The summed E-state index contributed by atoms with van der Waals surface area (Å²) in [6.45, 7) is 0.264. The number of sulfonamides is 1. The molecule has 2 rings (SSSR count). The van der Waals surface area contributed by atoms with Crippen LogP contribution in [0, 0.1) is 11.6 Å². The van der Waals surface area contributed by atoms with Crippen molar-refractivity contribution in [1.82, 2.24) is 4.31 Å². The number of aliphatic hydroxyl groups excluding tert-OH is 1. The lowest BCUT2D eigenvalue weighted by Gasteiger charge is -2.29. The molecule has 0 aromatic heterocycles. The first-order valence-electron chi connectivity index (χ1n) is 5.54. The Morgan fingerprint density at radius 1 is 1.28 bits per heavy atom. The smallest absolute Gasteiger partial charge is 0.243 e. The SMILES string of the molecule is O=S(=O)(c1ccc(F)c(F)c1)N1CCCC(O)C1. The standard InChI is InChI=1S/C11H13F2NO3S/c12-10-4-3-9(6-11(10)13)18(16,17)14-5-1-2-8(15)7-14/h3-4,6,8,15H,1-2,5,7H2. The predicted molar refractivity (Wildman–Crippen MR) is 60.4 cm³/mol. The lowest BCUT2D eigenvalue weighted by molar-refractivity contribution is 0.108. The molecule has 1 N–H and O–H groups in total. The van der Waals surface area contributed by atoms with Crippen molar-refractivity contribution in [3.8, 4) is 0 Å². The zero-order chi connectivity index (χ0) is 13.3. The molecule has 1 atom stereocenters. The third kappa shape index (κ3) is 2.52. The quantitative estimate of drug-likeness (QED) is 0.881. The molecule has 1 fully saturated rings. The Labute approximate surface area is 104 Å². The fourth-order valence-corrected chi connectivity index (χ4v) is 3.45. The van der Waals surface area contributed by atoms with E-state index in [2.05, 4.69) is 0 Å². The van der Waals surface area contributed by atoms with Crippen molar-refractivity contribution in [3.05, 3.63) is 29.8 Å². The first-order valence-corrected chi connectivity index (χ1v) is 6.98. The Bertz CT molecular complexity index is 547. The number of benzene rings is 1. The second kappa shape index (κ2) is 4.91. The third-order valence-corrected chi connectivity index (χ3v) is 4.75. The summed E-state index contributed by atoms with van der Waals surface area (Å²) in [6, 6.07) is 2.46. The second-order valence-electron chi connectivity index (χ2n) is 4.24. The second-order valence-corrected chi connectivity index (χ2v) is 6.17. The van der Waals surface area contributed by atoms with Crippen molar-refractivity contribution < 1.29 is 22.3 Å². The van der Waals surface area contributed by atoms with Gasteiger partial charge in [0.25, 0.3) is 0 Å². The Kier molecular flexibility index (Phi) is 3.65. The van der Waals surface area contributed by atoms with Gasteiger partial charge >= 0.3 is 0 Å². The monoisotopic (exact) mass is 277 g/mol. The molecule has 0 spiro atoms. The van der Waals surface area contributed by atoms with Crippen LogP contribution in [-0.4, -0.2) is 37.0 Å². The molecule has 0 amide bonds. The van der Waals surface area contributed by atoms with E-state index in [9.17, 15) is 22.3 Å². The van der Waals surface area contributed by atoms with E-state index in [1.54, 1.807) is 0 Å². The molecule has 0 saturated carbocycles. The Morgan fingerprint density at radius 2 is 2.00 bits per heavy atom. The molecule has 4 nitrogen and oxygen atoms in total. The van der Waals surface area contributed by atoms with Gasteiger partial charge in [-0.05, 0) is 31.0 Å².